The molecule has 0 aliphatic carbocycles. The number of halogens is 1. The van der Waals surface area contributed by atoms with E-state index in [0.717, 1.165) is 0 Å². The predicted octanol–water partition coefficient (Wildman–Crippen LogP) is 1.53. The zero-order valence-corrected chi connectivity index (χ0v) is 12.0. The maximum atomic E-state index is 13.4. The van der Waals surface area contributed by atoms with Crippen LogP contribution < -0.4 is 16.4 Å². The van der Waals surface area contributed by atoms with Crippen LogP contribution in [0.2, 0.25) is 0 Å². The number of nitrogens with two attached hydrogens (primary N) is 1. The second-order valence-electron chi connectivity index (χ2n) is 5.45. The molecule has 1 aromatic rings. The Labute approximate surface area is 123 Å². The molecular formula is C15H20FN3O2. The van der Waals surface area contributed by atoms with Gasteiger partial charge in [-0.2, -0.15) is 0 Å². The Morgan fingerprint density at radius 3 is 2.76 bits per heavy atom. The molecule has 1 aromatic carbocycles. The molecule has 2 rings (SSSR count). The summed E-state index contributed by atoms with van der Waals surface area (Å²) in [7, 11) is 0. The average Bonchev–Trinajstić information content (AvgIpc) is 2.45. The van der Waals surface area contributed by atoms with Gasteiger partial charge in [0.15, 0.2) is 0 Å². The van der Waals surface area contributed by atoms with Crippen molar-refractivity contribution < 1.29 is 14.0 Å². The van der Waals surface area contributed by atoms with Crippen LogP contribution in [0.15, 0.2) is 18.2 Å². The molecule has 0 spiro atoms. The number of fused-ring (bicyclic) bond motifs is 1. The van der Waals surface area contributed by atoms with Crippen LogP contribution in [0.3, 0.4) is 0 Å². The van der Waals surface area contributed by atoms with Crippen molar-refractivity contribution >= 4 is 17.5 Å². The summed E-state index contributed by atoms with van der Waals surface area (Å²) in [6, 6.07) is 3.49. The molecule has 2 atom stereocenters. The van der Waals surface area contributed by atoms with E-state index in [9.17, 15) is 14.0 Å². The first-order valence-corrected chi connectivity index (χ1v) is 7.10. The number of anilines is 1. The standard InChI is InChI=1S/C15H20FN3O2/c1-9-3-2-4-12(17)15(21)18-8-10-7-11(16)5-6-13(10)19-14(9)20/h5-7,9,12H,2-4,8,17H2,1H3,(H,18,21)(H,19,20). The topological polar surface area (TPSA) is 84.2 Å². The zero-order chi connectivity index (χ0) is 15.4. The van der Waals surface area contributed by atoms with Crippen LogP contribution in [0.5, 0.6) is 0 Å². The van der Waals surface area contributed by atoms with Gasteiger partial charge in [-0.3, -0.25) is 9.59 Å². The molecule has 2 unspecified atom stereocenters. The van der Waals surface area contributed by atoms with Gasteiger partial charge in [0.25, 0.3) is 0 Å². The second kappa shape index (κ2) is 6.67. The SMILES string of the molecule is CC1CCCC(N)C(=O)NCc2cc(F)ccc2NC1=O. The second-order valence-corrected chi connectivity index (χ2v) is 5.45. The van der Waals surface area contributed by atoms with Crippen molar-refractivity contribution in [3.8, 4) is 0 Å². The summed E-state index contributed by atoms with van der Waals surface area (Å²) >= 11 is 0. The number of amides is 2. The lowest BCUT2D eigenvalue weighted by atomic mass is 9.99. The van der Waals surface area contributed by atoms with Crippen LogP contribution >= 0.6 is 0 Å². The third-order valence-electron chi connectivity index (χ3n) is 3.71. The summed E-state index contributed by atoms with van der Waals surface area (Å²) in [5.74, 6) is -0.965. The molecule has 0 bridgehead atoms. The smallest absolute Gasteiger partial charge is 0.237 e. The van der Waals surface area contributed by atoms with Gasteiger partial charge in [-0.1, -0.05) is 13.3 Å². The highest BCUT2D eigenvalue weighted by atomic mass is 19.1. The molecule has 5 nitrogen and oxygen atoms in total. The normalized spacial score (nSPS) is 24.1. The maximum absolute atomic E-state index is 13.4. The summed E-state index contributed by atoms with van der Waals surface area (Å²) < 4.78 is 13.4. The van der Waals surface area contributed by atoms with Crippen LogP contribution in [0.4, 0.5) is 10.1 Å². The van der Waals surface area contributed by atoms with Gasteiger partial charge in [-0.05, 0) is 36.6 Å². The molecule has 0 saturated heterocycles. The fourth-order valence-electron chi connectivity index (χ4n) is 2.31. The lowest BCUT2D eigenvalue weighted by Gasteiger charge is -2.19. The first-order valence-electron chi connectivity index (χ1n) is 7.10. The highest BCUT2D eigenvalue weighted by Crippen LogP contribution is 2.20. The summed E-state index contributed by atoms with van der Waals surface area (Å²) in [5, 5.41) is 5.47. The van der Waals surface area contributed by atoms with Gasteiger partial charge in [0.2, 0.25) is 11.8 Å². The summed E-state index contributed by atoms with van der Waals surface area (Å²) in [4.78, 5) is 24.0. The van der Waals surface area contributed by atoms with Gasteiger partial charge in [0.05, 0.1) is 6.04 Å². The first kappa shape index (κ1) is 15.4. The van der Waals surface area contributed by atoms with E-state index < -0.39 is 11.9 Å². The van der Waals surface area contributed by atoms with Crippen LogP contribution in [0, 0.1) is 11.7 Å². The largest absolute Gasteiger partial charge is 0.351 e. The molecule has 0 aromatic heterocycles. The molecule has 114 valence electrons. The number of hydrogen-bond acceptors (Lipinski definition) is 3. The van der Waals surface area contributed by atoms with Crippen LogP contribution in [-0.4, -0.2) is 17.9 Å². The van der Waals surface area contributed by atoms with Gasteiger partial charge in [-0.25, -0.2) is 4.39 Å². The lowest BCUT2D eigenvalue weighted by Crippen LogP contribution is -2.40. The van der Waals surface area contributed by atoms with Gasteiger partial charge in [-0.15, -0.1) is 0 Å². The molecule has 4 N–H and O–H groups in total. The molecule has 21 heavy (non-hydrogen) atoms. The molecular weight excluding hydrogens is 273 g/mol. The molecule has 6 heteroatoms. The molecule has 1 aliphatic rings. The van der Waals surface area contributed by atoms with Gasteiger partial charge in [0, 0.05) is 18.2 Å². The predicted molar refractivity (Wildman–Crippen MR) is 77.9 cm³/mol. The van der Waals surface area contributed by atoms with E-state index in [0.29, 0.717) is 30.5 Å². The number of carbonyl (C=O) groups is 2. The van der Waals surface area contributed by atoms with Gasteiger partial charge in [0.1, 0.15) is 5.82 Å². The van der Waals surface area contributed by atoms with Crippen molar-refractivity contribution in [3.63, 3.8) is 0 Å². The molecule has 0 radical (unpaired) electrons. The Bertz CT molecular complexity index is 548. The molecule has 0 saturated carbocycles. The number of rotatable bonds is 0. The van der Waals surface area contributed by atoms with E-state index >= 15 is 0 Å². The quantitative estimate of drug-likeness (QED) is 0.678. The Hall–Kier alpha value is -1.95. The highest BCUT2D eigenvalue weighted by molar-refractivity contribution is 5.93. The average molecular weight is 293 g/mol. The molecule has 1 aliphatic heterocycles. The fourth-order valence-corrected chi connectivity index (χ4v) is 2.31. The van der Waals surface area contributed by atoms with Crippen LogP contribution in [0.25, 0.3) is 0 Å². The van der Waals surface area contributed by atoms with Gasteiger partial charge >= 0.3 is 0 Å². The fraction of sp³-hybridized carbons (Fsp3) is 0.467. The first-order chi connectivity index (χ1) is 9.97. The maximum Gasteiger partial charge on any atom is 0.237 e. The minimum absolute atomic E-state index is 0.108. The Morgan fingerprint density at radius 2 is 2.00 bits per heavy atom. The minimum Gasteiger partial charge on any atom is -0.351 e. The van der Waals surface area contributed by atoms with Crippen LogP contribution in [0.1, 0.15) is 31.7 Å². The van der Waals surface area contributed by atoms with Gasteiger partial charge < -0.3 is 16.4 Å². The van der Waals surface area contributed by atoms with E-state index in [4.69, 9.17) is 5.73 Å². The zero-order valence-electron chi connectivity index (χ0n) is 12.0. The van der Waals surface area contributed by atoms with Crippen molar-refractivity contribution in [1.29, 1.82) is 0 Å². The van der Waals surface area contributed by atoms with Crippen molar-refractivity contribution in [1.82, 2.24) is 5.32 Å². The van der Waals surface area contributed by atoms with Crippen molar-refractivity contribution in [2.24, 2.45) is 11.7 Å². The summed E-state index contributed by atoms with van der Waals surface area (Å²) in [5.41, 5.74) is 6.84. The van der Waals surface area contributed by atoms with Crippen molar-refractivity contribution in [3.05, 3.63) is 29.6 Å². The molecule has 1 heterocycles. The van der Waals surface area contributed by atoms with E-state index in [1.165, 1.54) is 18.2 Å². The molecule has 0 fully saturated rings. The van der Waals surface area contributed by atoms with E-state index in [-0.39, 0.29) is 24.3 Å². The monoisotopic (exact) mass is 293 g/mol. The van der Waals surface area contributed by atoms with E-state index in [1.807, 2.05) is 6.92 Å². The van der Waals surface area contributed by atoms with Crippen molar-refractivity contribution in [2.45, 2.75) is 38.8 Å². The third-order valence-corrected chi connectivity index (χ3v) is 3.71. The third kappa shape index (κ3) is 4.01. The van der Waals surface area contributed by atoms with E-state index in [1.54, 1.807) is 0 Å². The molecule has 2 amide bonds. The van der Waals surface area contributed by atoms with Crippen molar-refractivity contribution in [2.75, 3.05) is 5.32 Å². The minimum atomic E-state index is -0.600. The highest BCUT2D eigenvalue weighted by Gasteiger charge is 2.19. The van der Waals surface area contributed by atoms with E-state index in [2.05, 4.69) is 10.6 Å². The number of carbonyl (C=O) groups excluding carboxylic acids is 2. The summed E-state index contributed by atoms with van der Waals surface area (Å²) in [6.07, 6.45) is 1.89. The Morgan fingerprint density at radius 1 is 1.24 bits per heavy atom. The summed E-state index contributed by atoms with van der Waals surface area (Å²) in [6.45, 7) is 1.96. The Kier molecular flexibility index (Phi) is 4.90. The number of benzene rings is 1. The lowest BCUT2D eigenvalue weighted by molar-refractivity contribution is -0.122. The van der Waals surface area contributed by atoms with Crippen LogP contribution in [-0.2, 0) is 16.1 Å². The number of nitrogens with one attached hydrogen (secondary N) is 2. The number of hydrogen-bond donors (Lipinski definition) is 3. The Balaban J connectivity index is 2.27.